The molecule has 6 N–H and O–H groups in total. The molecule has 1 saturated heterocycles. The first-order valence-electron chi connectivity index (χ1n) is 18.2. The van der Waals surface area contributed by atoms with Crippen LogP contribution >= 0.6 is 0 Å². The molecule has 0 aromatic heterocycles. The third-order valence-electron chi connectivity index (χ3n) is 10.5. The van der Waals surface area contributed by atoms with Gasteiger partial charge in [-0.3, -0.25) is 4.55 Å². The molecule has 2 amide bonds. The molecule has 17 heteroatoms. The van der Waals surface area contributed by atoms with Crippen molar-refractivity contribution < 1.29 is 55.2 Å². The summed E-state index contributed by atoms with van der Waals surface area (Å²) in [5.74, 6) is -1.00. The average Bonchev–Trinajstić information content (AvgIpc) is 3.21. The zero-order valence-electron chi connectivity index (χ0n) is 31.2. The molecule has 2 aliphatic rings. The van der Waals surface area contributed by atoms with Crippen LogP contribution in [-0.4, -0.2) is 106 Å². The van der Waals surface area contributed by atoms with Crippen LogP contribution in [0.25, 0.3) is 0 Å². The molecule has 1 unspecified atom stereocenters. The highest BCUT2D eigenvalue weighted by Gasteiger charge is 2.49. The van der Waals surface area contributed by atoms with Crippen LogP contribution in [0.1, 0.15) is 62.1 Å². The summed E-state index contributed by atoms with van der Waals surface area (Å²) < 4.78 is 75.7. The van der Waals surface area contributed by atoms with Crippen LogP contribution in [0.15, 0.2) is 77.7 Å². The minimum atomic E-state index is -4.93. The molecule has 5 rings (SSSR count). The quantitative estimate of drug-likeness (QED) is 0.129. The number of hydrogen-bond acceptors (Lipinski definition) is 12. The van der Waals surface area contributed by atoms with Crippen LogP contribution in [0.4, 0.5) is 16.2 Å². The maximum absolute atomic E-state index is 14.0. The van der Waals surface area contributed by atoms with E-state index in [4.69, 9.17) is 14.0 Å². The number of fused-ring (bicyclic) bond motifs is 1. The molecular formula is C38H51N3O12S2. The third kappa shape index (κ3) is 10.0. The third-order valence-corrected chi connectivity index (χ3v) is 12.9. The molecule has 0 bridgehead atoms. The van der Waals surface area contributed by atoms with E-state index in [9.17, 15) is 36.9 Å². The number of sulfone groups is 1. The fraction of sp³-hybridized carbons (Fsp3) is 0.500. The van der Waals surface area contributed by atoms with Crippen LogP contribution in [-0.2, 0) is 40.5 Å². The number of nitrogens with zero attached hydrogens (tertiary/aromatic N) is 1. The van der Waals surface area contributed by atoms with Crippen molar-refractivity contribution in [1.29, 1.82) is 0 Å². The predicted octanol–water partition coefficient (Wildman–Crippen LogP) is 3.59. The lowest BCUT2D eigenvalue weighted by molar-refractivity contribution is -0.246. The Kier molecular flexibility index (Phi) is 13.6. The van der Waals surface area contributed by atoms with Crippen molar-refractivity contribution in [1.82, 2.24) is 5.32 Å². The fourth-order valence-corrected chi connectivity index (χ4v) is 9.98. The Hall–Kier alpha value is -3.65. The van der Waals surface area contributed by atoms with Crippen molar-refractivity contribution in [3.63, 3.8) is 0 Å². The molecule has 302 valence electrons. The van der Waals surface area contributed by atoms with E-state index in [0.29, 0.717) is 29.5 Å². The smallest absolute Gasteiger partial charge is 0.392 e. The summed E-state index contributed by atoms with van der Waals surface area (Å²) in [4.78, 5) is 15.5. The van der Waals surface area contributed by atoms with E-state index in [0.717, 1.165) is 18.5 Å². The molecular weight excluding hydrogens is 755 g/mol. The summed E-state index contributed by atoms with van der Waals surface area (Å²) in [7, 11) is -5.07. The summed E-state index contributed by atoms with van der Waals surface area (Å²) in [6.45, 7) is 3.00. The standard InChI is InChI=1S/C38H51N3O12S2/c1-5-7-18-38(6-2)23-54(46,47)30-17-16-27(41(3)4)20-28(30)31(35(38)44)25-14-11-15-26(19-25)39-37(45)40-36-33(43)34(51-21-24-12-9-8-10-13-24)32(42)29(53-36)22-52-55(48,49)50/h8-17,19-20,29,31-36,42-44H,5-7,18,21-23H2,1-4H3,(H2,39,40,45)(H,48,49,50)/t29?,31-,32-,33-,34+,35-,36-,38-/m1/s1. The SMILES string of the molecule is CCCC[C@]1(CC)CS(=O)(=O)c2ccc(N(C)C)cc2[C@@H](c2cccc(NC(=O)N[C@@H]3OC(COS(=O)(=O)O)[C@@H](O)[C@H](OCc4ccccc4)[C@H]3O)c2)[C@H]1O. The van der Waals surface area contributed by atoms with Gasteiger partial charge in [0.05, 0.1) is 30.0 Å². The monoisotopic (exact) mass is 805 g/mol. The Balaban J connectivity index is 1.43. The number of nitrogens with one attached hydrogen (secondary N) is 2. The summed E-state index contributed by atoms with van der Waals surface area (Å²) >= 11 is 0. The number of aliphatic hydroxyl groups is 3. The number of hydrogen-bond donors (Lipinski definition) is 6. The van der Waals surface area contributed by atoms with E-state index in [2.05, 4.69) is 14.8 Å². The predicted molar refractivity (Wildman–Crippen MR) is 205 cm³/mol. The van der Waals surface area contributed by atoms with E-state index in [-0.39, 0.29) is 22.9 Å². The van der Waals surface area contributed by atoms with Crippen LogP contribution in [0.5, 0.6) is 0 Å². The van der Waals surface area contributed by atoms with Gasteiger partial charge in [-0.15, -0.1) is 0 Å². The highest BCUT2D eigenvalue weighted by atomic mass is 32.3. The van der Waals surface area contributed by atoms with Crippen molar-refractivity contribution in [3.05, 3.63) is 89.5 Å². The zero-order valence-corrected chi connectivity index (χ0v) is 32.9. The number of ether oxygens (including phenoxy) is 2. The number of carbonyl (C=O) groups is 1. The highest BCUT2D eigenvalue weighted by Crippen LogP contribution is 2.49. The number of carbonyl (C=O) groups excluding carboxylic acids is 1. The molecule has 1 fully saturated rings. The topological polar surface area (TPSA) is 221 Å². The maximum Gasteiger partial charge on any atom is 0.397 e. The van der Waals surface area contributed by atoms with Gasteiger partial charge in [-0.1, -0.05) is 69.2 Å². The molecule has 3 aromatic rings. The van der Waals surface area contributed by atoms with Crippen LogP contribution in [0.2, 0.25) is 0 Å². The second-order valence-corrected chi connectivity index (χ2v) is 17.4. The molecule has 3 aromatic carbocycles. The molecule has 8 atom stereocenters. The summed E-state index contributed by atoms with van der Waals surface area (Å²) in [5.41, 5.74) is 1.78. The lowest BCUT2D eigenvalue weighted by Gasteiger charge is -2.42. The lowest BCUT2D eigenvalue weighted by atomic mass is 9.69. The van der Waals surface area contributed by atoms with Gasteiger partial charge in [0.1, 0.15) is 24.4 Å². The molecule has 15 nitrogen and oxygen atoms in total. The van der Waals surface area contributed by atoms with E-state index in [1.807, 2.05) is 32.8 Å². The van der Waals surface area contributed by atoms with Gasteiger partial charge in [-0.2, -0.15) is 8.42 Å². The Morgan fingerprint density at radius 3 is 2.38 bits per heavy atom. The number of rotatable bonds is 14. The number of benzene rings is 3. The number of aliphatic hydroxyl groups excluding tert-OH is 3. The Morgan fingerprint density at radius 2 is 1.73 bits per heavy atom. The normalized spacial score (nSPS) is 27.7. The minimum Gasteiger partial charge on any atom is -0.392 e. The summed E-state index contributed by atoms with van der Waals surface area (Å²) in [5, 5.41) is 39.7. The van der Waals surface area contributed by atoms with Crippen molar-refractivity contribution in [3.8, 4) is 0 Å². The van der Waals surface area contributed by atoms with Crippen LogP contribution in [0, 0.1) is 5.41 Å². The maximum atomic E-state index is 14.0. The fourth-order valence-electron chi connectivity index (χ4n) is 7.42. The van der Waals surface area contributed by atoms with Gasteiger partial charge in [-0.05, 0) is 59.9 Å². The van der Waals surface area contributed by atoms with Crippen molar-refractivity contribution in [2.24, 2.45) is 5.41 Å². The summed E-state index contributed by atoms with van der Waals surface area (Å²) in [6.07, 6.45) is -6.32. The number of urea groups is 1. The lowest BCUT2D eigenvalue weighted by Crippen LogP contribution is -2.64. The van der Waals surface area contributed by atoms with Crippen molar-refractivity contribution in [2.75, 3.05) is 36.7 Å². The highest BCUT2D eigenvalue weighted by molar-refractivity contribution is 7.91. The first-order chi connectivity index (χ1) is 26.0. The van der Waals surface area contributed by atoms with Gasteiger partial charge in [0, 0.05) is 36.8 Å². The van der Waals surface area contributed by atoms with Crippen molar-refractivity contribution >= 4 is 37.6 Å². The van der Waals surface area contributed by atoms with Gasteiger partial charge in [0.2, 0.25) is 0 Å². The average molecular weight is 806 g/mol. The molecule has 55 heavy (non-hydrogen) atoms. The second kappa shape index (κ2) is 17.7. The zero-order chi connectivity index (χ0) is 40.1. The minimum absolute atomic E-state index is 0.0531. The van der Waals surface area contributed by atoms with E-state index in [1.54, 1.807) is 72.8 Å². The second-order valence-electron chi connectivity index (χ2n) is 14.4. The number of anilines is 2. The Morgan fingerprint density at radius 1 is 1.00 bits per heavy atom. The summed E-state index contributed by atoms with van der Waals surface area (Å²) in [6, 6.07) is 19.8. The molecule has 0 aliphatic carbocycles. The van der Waals surface area contributed by atoms with Crippen molar-refractivity contribution in [2.45, 2.75) is 93.7 Å². The van der Waals surface area contributed by atoms with Gasteiger partial charge in [0.15, 0.2) is 16.1 Å². The van der Waals surface area contributed by atoms with Gasteiger partial charge < -0.3 is 40.3 Å². The molecule has 0 saturated carbocycles. The van der Waals surface area contributed by atoms with Crippen LogP contribution < -0.4 is 15.5 Å². The first-order valence-corrected chi connectivity index (χ1v) is 21.2. The molecule has 0 spiro atoms. The molecule has 2 aliphatic heterocycles. The Bertz CT molecular complexity index is 2000. The first kappa shape index (κ1) is 42.5. The Labute approximate surface area is 322 Å². The van der Waals surface area contributed by atoms with Crippen LogP contribution in [0.3, 0.4) is 0 Å². The molecule has 2 heterocycles. The van der Waals surface area contributed by atoms with Gasteiger partial charge in [-0.25, -0.2) is 17.4 Å². The number of amides is 2. The van der Waals surface area contributed by atoms with E-state index < -0.39 is 81.0 Å². The number of unbranched alkanes of at least 4 members (excludes halogenated alkanes) is 1. The van der Waals surface area contributed by atoms with Gasteiger partial charge >= 0.3 is 16.4 Å². The largest absolute Gasteiger partial charge is 0.397 e. The molecule has 0 radical (unpaired) electrons. The van der Waals surface area contributed by atoms with E-state index >= 15 is 0 Å². The van der Waals surface area contributed by atoms with Gasteiger partial charge in [0.25, 0.3) is 0 Å². The van der Waals surface area contributed by atoms with E-state index in [1.165, 1.54) is 0 Å².